The molecule has 136 valence electrons. The van der Waals surface area contributed by atoms with Gasteiger partial charge in [0.25, 0.3) is 5.69 Å². The zero-order chi connectivity index (χ0) is 18.6. The third kappa shape index (κ3) is 4.67. The molecular weight excluding hydrogens is 376 g/mol. The number of hydrogen-bond donors (Lipinski definition) is 1. The summed E-state index contributed by atoms with van der Waals surface area (Å²) in [6.45, 7) is -0.585. The predicted molar refractivity (Wildman–Crippen MR) is 85.5 cm³/mol. The van der Waals surface area contributed by atoms with Crippen LogP contribution in [0.25, 0.3) is 0 Å². The van der Waals surface area contributed by atoms with Gasteiger partial charge in [0.15, 0.2) is 0 Å². The van der Waals surface area contributed by atoms with Crippen molar-refractivity contribution in [3.05, 3.63) is 28.3 Å². The van der Waals surface area contributed by atoms with E-state index in [4.69, 9.17) is 4.74 Å². The van der Waals surface area contributed by atoms with Crippen LogP contribution in [0.15, 0.2) is 28.0 Å². The summed E-state index contributed by atoms with van der Waals surface area (Å²) in [7, 11) is -4.16. The fourth-order valence-electron chi connectivity index (χ4n) is 2.00. The maximum atomic E-state index is 12.2. The van der Waals surface area contributed by atoms with E-state index in [1.165, 1.54) is 12.1 Å². The van der Waals surface area contributed by atoms with Gasteiger partial charge in [0.05, 0.1) is 21.3 Å². The number of sulfonamides is 1. The van der Waals surface area contributed by atoms with Crippen molar-refractivity contribution in [2.45, 2.75) is 22.3 Å². The lowest BCUT2D eigenvalue weighted by atomic mass is 10.3. The molecule has 1 heterocycles. The van der Waals surface area contributed by atoms with Crippen molar-refractivity contribution in [2.24, 2.45) is 0 Å². The topological polar surface area (TPSA) is 142 Å². The summed E-state index contributed by atoms with van der Waals surface area (Å²) in [6.07, 6.45) is 0.789. The van der Waals surface area contributed by atoms with Crippen LogP contribution >= 0.6 is 11.8 Å². The van der Waals surface area contributed by atoms with Gasteiger partial charge in [0.1, 0.15) is 6.54 Å². The zero-order valence-corrected chi connectivity index (χ0v) is 14.6. The first-order valence-corrected chi connectivity index (χ1v) is 9.63. The van der Waals surface area contributed by atoms with Crippen molar-refractivity contribution >= 4 is 39.4 Å². The summed E-state index contributed by atoms with van der Waals surface area (Å²) in [5.74, 6) is -1.64. The van der Waals surface area contributed by atoms with Crippen molar-refractivity contribution in [1.29, 1.82) is 0 Å². The molecule has 12 heteroatoms. The molecule has 1 fully saturated rings. The summed E-state index contributed by atoms with van der Waals surface area (Å²) in [4.78, 5) is 33.1. The van der Waals surface area contributed by atoms with Gasteiger partial charge in [-0.2, -0.15) is 4.72 Å². The van der Waals surface area contributed by atoms with Crippen molar-refractivity contribution < 1.29 is 32.4 Å². The number of nitro benzene ring substituents is 1. The molecule has 1 aliphatic heterocycles. The number of rotatable bonds is 7. The summed E-state index contributed by atoms with van der Waals surface area (Å²) < 4.78 is 35.7. The number of nitrogens with one attached hydrogen (secondary N) is 1. The molecule has 0 saturated carbocycles. The maximum Gasteiger partial charge on any atom is 0.347 e. The van der Waals surface area contributed by atoms with E-state index in [9.17, 15) is 28.1 Å². The van der Waals surface area contributed by atoms with Gasteiger partial charge in [-0.3, -0.25) is 14.9 Å². The molecule has 0 unspecified atom stereocenters. The molecule has 1 saturated heterocycles. The minimum absolute atomic E-state index is 0.133. The summed E-state index contributed by atoms with van der Waals surface area (Å²) >= 11 is 1.10. The van der Waals surface area contributed by atoms with Crippen LogP contribution in [0.2, 0.25) is 0 Å². The number of esters is 2. The predicted octanol–water partition coefficient (Wildman–Crippen LogP) is 0.454. The quantitative estimate of drug-likeness (QED) is 0.304. The Kier molecular flexibility index (Phi) is 5.98. The lowest BCUT2D eigenvalue weighted by Gasteiger charge is -2.10. The van der Waals surface area contributed by atoms with Crippen LogP contribution < -0.4 is 4.72 Å². The summed E-state index contributed by atoms with van der Waals surface area (Å²) in [5.41, 5.74) is -0.355. The highest BCUT2D eigenvalue weighted by Gasteiger charge is 2.30. The number of thioether (sulfide) groups is 1. The van der Waals surface area contributed by atoms with E-state index in [1.807, 2.05) is 4.72 Å². The molecule has 2 rings (SSSR count). The number of nitrogens with zero attached hydrogens (tertiary/aromatic N) is 1. The molecule has 10 nitrogen and oxygen atoms in total. The SMILES string of the molecule is CSc1ccc(S(=O)(=O)NCC(=O)O[C@@H]2CCOC2=O)cc1[N+](=O)[O-]. The van der Waals surface area contributed by atoms with Crippen LogP contribution in [0, 0.1) is 10.1 Å². The Balaban J connectivity index is 2.06. The van der Waals surface area contributed by atoms with E-state index in [2.05, 4.69) is 4.74 Å². The largest absolute Gasteiger partial charge is 0.463 e. The Morgan fingerprint density at radius 2 is 2.24 bits per heavy atom. The fraction of sp³-hybridized carbons (Fsp3) is 0.385. The standard InChI is InChI=1S/C13H14N2O8S2/c1-24-11-3-2-8(6-9(11)15(18)19)25(20,21)14-7-12(16)23-10-4-5-22-13(10)17/h2-3,6,10,14H,4-5,7H2,1H3/t10-/m1/s1. The number of ether oxygens (including phenoxy) is 2. The second-order valence-corrected chi connectivity index (χ2v) is 7.47. The Morgan fingerprint density at radius 1 is 1.52 bits per heavy atom. The molecule has 0 radical (unpaired) electrons. The first kappa shape index (κ1) is 19.1. The van der Waals surface area contributed by atoms with E-state index >= 15 is 0 Å². The lowest BCUT2D eigenvalue weighted by molar-refractivity contribution is -0.387. The minimum atomic E-state index is -4.16. The van der Waals surface area contributed by atoms with Crippen LogP contribution in [-0.4, -0.2) is 50.8 Å². The number of carbonyl (C=O) groups is 2. The van der Waals surface area contributed by atoms with E-state index in [-0.39, 0.29) is 23.6 Å². The molecule has 25 heavy (non-hydrogen) atoms. The number of cyclic esters (lactones) is 1. The third-order valence-corrected chi connectivity index (χ3v) is 5.41. The fourth-order valence-corrected chi connectivity index (χ4v) is 3.54. The second kappa shape index (κ2) is 7.80. The molecule has 1 aliphatic rings. The molecule has 1 aromatic carbocycles. The Morgan fingerprint density at radius 3 is 2.80 bits per heavy atom. The second-order valence-electron chi connectivity index (χ2n) is 4.85. The van der Waals surface area contributed by atoms with E-state index < -0.39 is 39.5 Å². The first-order chi connectivity index (χ1) is 11.7. The van der Waals surface area contributed by atoms with Gasteiger partial charge in [0.2, 0.25) is 16.1 Å². The highest BCUT2D eigenvalue weighted by atomic mass is 32.2. The molecule has 1 N–H and O–H groups in total. The average Bonchev–Trinajstić information content (AvgIpc) is 2.97. The molecule has 0 spiro atoms. The monoisotopic (exact) mass is 390 g/mol. The van der Waals surface area contributed by atoms with Gasteiger partial charge in [-0.05, 0) is 18.4 Å². The molecule has 0 aromatic heterocycles. The molecule has 0 bridgehead atoms. The van der Waals surface area contributed by atoms with Crippen LogP contribution in [0.5, 0.6) is 0 Å². The molecule has 1 aromatic rings. The third-order valence-electron chi connectivity index (χ3n) is 3.22. The normalized spacial score (nSPS) is 17.2. The first-order valence-electron chi connectivity index (χ1n) is 6.93. The lowest BCUT2D eigenvalue weighted by Crippen LogP contribution is -2.33. The van der Waals surface area contributed by atoms with Gasteiger partial charge in [-0.25, -0.2) is 13.2 Å². The summed E-state index contributed by atoms with van der Waals surface area (Å²) in [5, 5.41) is 11.0. The molecular formula is C13H14N2O8S2. The zero-order valence-electron chi connectivity index (χ0n) is 13.0. The number of benzene rings is 1. The van der Waals surface area contributed by atoms with Gasteiger partial charge in [-0.1, -0.05) is 0 Å². The van der Waals surface area contributed by atoms with Crippen molar-refractivity contribution in [1.82, 2.24) is 4.72 Å². The molecule has 0 aliphatic carbocycles. The smallest absolute Gasteiger partial charge is 0.347 e. The van der Waals surface area contributed by atoms with Crippen molar-refractivity contribution in [3.8, 4) is 0 Å². The van der Waals surface area contributed by atoms with Gasteiger partial charge in [-0.15, -0.1) is 11.8 Å². The van der Waals surface area contributed by atoms with Crippen LogP contribution in [-0.2, 0) is 29.1 Å². The Hall–Kier alpha value is -2.18. The number of hydrogen-bond acceptors (Lipinski definition) is 9. The number of nitro groups is 1. The van der Waals surface area contributed by atoms with E-state index in [0.29, 0.717) is 4.90 Å². The Labute approximate surface area is 147 Å². The summed E-state index contributed by atoms with van der Waals surface area (Å²) in [6, 6.07) is 3.42. The van der Waals surface area contributed by atoms with Gasteiger partial charge < -0.3 is 9.47 Å². The highest BCUT2D eigenvalue weighted by molar-refractivity contribution is 7.98. The van der Waals surface area contributed by atoms with Crippen LogP contribution in [0.1, 0.15) is 6.42 Å². The highest BCUT2D eigenvalue weighted by Crippen LogP contribution is 2.29. The average molecular weight is 390 g/mol. The Bertz CT molecular complexity index is 808. The van der Waals surface area contributed by atoms with E-state index in [1.54, 1.807) is 6.26 Å². The van der Waals surface area contributed by atoms with Crippen molar-refractivity contribution in [2.75, 3.05) is 19.4 Å². The molecule has 0 amide bonds. The van der Waals surface area contributed by atoms with E-state index in [0.717, 1.165) is 17.8 Å². The van der Waals surface area contributed by atoms with Gasteiger partial charge >= 0.3 is 11.9 Å². The minimum Gasteiger partial charge on any atom is -0.463 e. The van der Waals surface area contributed by atoms with Crippen molar-refractivity contribution in [3.63, 3.8) is 0 Å². The van der Waals surface area contributed by atoms with Gasteiger partial charge in [0, 0.05) is 12.5 Å². The molecule has 1 atom stereocenters. The van der Waals surface area contributed by atoms with Crippen LogP contribution in [0.3, 0.4) is 0 Å². The number of carbonyl (C=O) groups excluding carboxylic acids is 2. The van der Waals surface area contributed by atoms with Crippen LogP contribution in [0.4, 0.5) is 5.69 Å². The maximum absolute atomic E-state index is 12.2.